The second-order valence-electron chi connectivity index (χ2n) is 8.90. The van der Waals surface area contributed by atoms with E-state index in [0.29, 0.717) is 0 Å². The van der Waals surface area contributed by atoms with E-state index in [1.54, 1.807) is 0 Å². The van der Waals surface area contributed by atoms with Crippen molar-refractivity contribution in [2.45, 2.75) is 0 Å². The highest BCUT2D eigenvalue weighted by atomic mass is 14.1. The normalized spacial score (nSPS) is 11.3. The van der Waals surface area contributed by atoms with Gasteiger partial charge in [0.05, 0.1) is 0 Å². The van der Waals surface area contributed by atoms with Crippen molar-refractivity contribution < 1.29 is 0 Å². The van der Waals surface area contributed by atoms with Crippen LogP contribution in [0.15, 0.2) is 121 Å². The summed E-state index contributed by atoms with van der Waals surface area (Å²) in [6, 6.07) is 43.6. The average Bonchev–Trinajstić information content (AvgIpc) is 2.89. The Kier molecular flexibility index (Phi) is 4.16. The number of hydrogen-bond acceptors (Lipinski definition) is 0. The van der Waals surface area contributed by atoms with Gasteiger partial charge in [-0.25, -0.2) is 0 Å². The SMILES string of the molecule is C(#Cc1cccc2cc3ccc4cc5cc6ccccc6cc5cc4c3cc12)c1ccccc1. The molecule has 0 nitrogen and oxygen atoms in total. The van der Waals surface area contributed by atoms with Crippen LogP contribution in [0, 0.1) is 11.8 Å². The molecule has 156 valence electrons. The predicted octanol–water partition coefficient (Wildman–Crippen LogP) is 8.85. The Morgan fingerprint density at radius 2 is 0.882 bits per heavy atom. The maximum absolute atomic E-state index is 3.42. The monoisotopic (exact) mass is 428 g/mol. The van der Waals surface area contributed by atoms with Crippen LogP contribution in [-0.4, -0.2) is 0 Å². The summed E-state index contributed by atoms with van der Waals surface area (Å²) in [6.45, 7) is 0. The van der Waals surface area contributed by atoms with Crippen LogP contribution in [0.5, 0.6) is 0 Å². The van der Waals surface area contributed by atoms with Gasteiger partial charge in [-0.15, -0.1) is 0 Å². The van der Waals surface area contributed by atoms with Gasteiger partial charge in [0.25, 0.3) is 0 Å². The Morgan fingerprint density at radius 1 is 0.324 bits per heavy atom. The molecule has 0 spiro atoms. The van der Waals surface area contributed by atoms with Crippen LogP contribution in [0.1, 0.15) is 11.1 Å². The summed E-state index contributed by atoms with van der Waals surface area (Å²) in [5.41, 5.74) is 2.09. The van der Waals surface area contributed by atoms with Crippen LogP contribution in [0.3, 0.4) is 0 Å². The first kappa shape index (κ1) is 18.9. The maximum atomic E-state index is 3.42. The van der Waals surface area contributed by atoms with Crippen LogP contribution in [-0.2, 0) is 0 Å². The molecule has 0 fully saturated rings. The lowest BCUT2D eigenvalue weighted by Gasteiger charge is -2.10. The summed E-state index contributed by atoms with van der Waals surface area (Å²) >= 11 is 0. The van der Waals surface area contributed by atoms with Gasteiger partial charge in [0.15, 0.2) is 0 Å². The van der Waals surface area contributed by atoms with E-state index in [-0.39, 0.29) is 0 Å². The average molecular weight is 429 g/mol. The molecule has 0 saturated heterocycles. The fourth-order valence-corrected chi connectivity index (χ4v) is 5.04. The summed E-state index contributed by atoms with van der Waals surface area (Å²) in [6.07, 6.45) is 0. The largest absolute Gasteiger partial charge is 0.0622 e. The van der Waals surface area contributed by atoms with Crippen LogP contribution >= 0.6 is 0 Å². The first-order chi connectivity index (χ1) is 16.8. The maximum Gasteiger partial charge on any atom is 0.0327 e. The Hall–Kier alpha value is -4.60. The van der Waals surface area contributed by atoms with Crippen LogP contribution in [0.25, 0.3) is 53.9 Å². The topological polar surface area (TPSA) is 0 Å². The summed E-state index contributed by atoms with van der Waals surface area (Å²) in [7, 11) is 0. The molecule has 0 aliphatic carbocycles. The Labute approximate surface area is 198 Å². The molecule has 0 radical (unpaired) electrons. The van der Waals surface area contributed by atoms with E-state index in [1.807, 2.05) is 18.2 Å². The minimum Gasteiger partial charge on any atom is -0.0622 e. The Balaban J connectivity index is 1.50. The van der Waals surface area contributed by atoms with Gasteiger partial charge >= 0.3 is 0 Å². The van der Waals surface area contributed by atoms with Gasteiger partial charge in [0, 0.05) is 11.1 Å². The molecule has 0 aliphatic rings. The van der Waals surface area contributed by atoms with Crippen molar-refractivity contribution in [3.63, 3.8) is 0 Å². The van der Waals surface area contributed by atoms with E-state index in [2.05, 4.69) is 115 Å². The summed E-state index contributed by atoms with van der Waals surface area (Å²) in [4.78, 5) is 0. The third-order valence-electron chi connectivity index (χ3n) is 6.77. The zero-order chi connectivity index (χ0) is 22.5. The number of fused-ring (bicyclic) bond motifs is 6. The van der Waals surface area contributed by atoms with E-state index >= 15 is 0 Å². The molecule has 7 rings (SSSR count). The van der Waals surface area contributed by atoms with E-state index in [1.165, 1.54) is 53.9 Å². The highest BCUT2D eigenvalue weighted by molar-refractivity contribution is 6.16. The number of benzene rings is 7. The van der Waals surface area contributed by atoms with Gasteiger partial charge in [0.2, 0.25) is 0 Å². The third kappa shape index (κ3) is 3.11. The summed E-state index contributed by atoms with van der Waals surface area (Å²) in [5.74, 6) is 6.75. The highest BCUT2D eigenvalue weighted by Crippen LogP contribution is 2.34. The molecule has 7 aromatic carbocycles. The van der Waals surface area contributed by atoms with Crippen LogP contribution in [0.2, 0.25) is 0 Å². The first-order valence-corrected chi connectivity index (χ1v) is 11.6. The zero-order valence-corrected chi connectivity index (χ0v) is 18.5. The molecule has 0 aromatic heterocycles. The summed E-state index contributed by atoms with van der Waals surface area (Å²) < 4.78 is 0. The fourth-order valence-electron chi connectivity index (χ4n) is 5.04. The van der Waals surface area contributed by atoms with Crippen LogP contribution < -0.4 is 0 Å². The second kappa shape index (κ2) is 7.48. The molecule has 0 unspecified atom stereocenters. The second-order valence-corrected chi connectivity index (χ2v) is 8.90. The lowest BCUT2D eigenvalue weighted by Crippen LogP contribution is -1.85. The lowest BCUT2D eigenvalue weighted by atomic mass is 9.94. The molecule has 0 atom stereocenters. The Morgan fingerprint density at radius 3 is 1.65 bits per heavy atom. The van der Waals surface area contributed by atoms with Gasteiger partial charge < -0.3 is 0 Å². The minimum absolute atomic E-state index is 1.03. The molecule has 0 heterocycles. The zero-order valence-electron chi connectivity index (χ0n) is 18.5. The van der Waals surface area contributed by atoms with Crippen molar-refractivity contribution in [1.29, 1.82) is 0 Å². The minimum atomic E-state index is 1.03. The molecule has 0 amide bonds. The standard InChI is InChI=1S/C34H20/c1-2-7-23(8-3-1)13-14-24-11-6-12-27-19-28-15-16-29-20-30-17-25-9-4-5-10-26(25)18-31(30)21-33(29)34(28)22-32(24)27/h1-12,15-22H. The Bertz CT molecular complexity index is 1950. The van der Waals surface area contributed by atoms with E-state index in [4.69, 9.17) is 0 Å². The van der Waals surface area contributed by atoms with Crippen molar-refractivity contribution in [3.05, 3.63) is 132 Å². The van der Waals surface area contributed by atoms with E-state index in [9.17, 15) is 0 Å². The van der Waals surface area contributed by atoms with Crippen LogP contribution in [0.4, 0.5) is 0 Å². The quantitative estimate of drug-likeness (QED) is 0.129. The van der Waals surface area contributed by atoms with E-state index in [0.717, 1.165) is 11.1 Å². The van der Waals surface area contributed by atoms with Gasteiger partial charge in [-0.3, -0.25) is 0 Å². The van der Waals surface area contributed by atoms with E-state index < -0.39 is 0 Å². The van der Waals surface area contributed by atoms with Gasteiger partial charge in [-0.1, -0.05) is 78.6 Å². The number of hydrogen-bond donors (Lipinski definition) is 0. The highest BCUT2D eigenvalue weighted by Gasteiger charge is 2.08. The molecule has 0 N–H and O–H groups in total. The lowest BCUT2D eigenvalue weighted by molar-refractivity contribution is 1.64. The van der Waals surface area contributed by atoms with Crippen molar-refractivity contribution >= 4 is 53.9 Å². The van der Waals surface area contributed by atoms with Gasteiger partial charge in [0.1, 0.15) is 0 Å². The molecule has 0 bridgehead atoms. The van der Waals surface area contributed by atoms with Gasteiger partial charge in [-0.2, -0.15) is 0 Å². The van der Waals surface area contributed by atoms with Crippen molar-refractivity contribution in [1.82, 2.24) is 0 Å². The predicted molar refractivity (Wildman–Crippen MR) is 146 cm³/mol. The third-order valence-corrected chi connectivity index (χ3v) is 6.77. The van der Waals surface area contributed by atoms with Crippen molar-refractivity contribution in [2.75, 3.05) is 0 Å². The molecule has 0 heteroatoms. The smallest absolute Gasteiger partial charge is 0.0327 e. The van der Waals surface area contributed by atoms with Gasteiger partial charge in [-0.05, 0) is 108 Å². The van der Waals surface area contributed by atoms with Crippen molar-refractivity contribution in [3.8, 4) is 11.8 Å². The molecular weight excluding hydrogens is 408 g/mol. The molecule has 7 aromatic rings. The molecular formula is C34H20. The molecule has 34 heavy (non-hydrogen) atoms. The number of rotatable bonds is 0. The fraction of sp³-hybridized carbons (Fsp3) is 0. The molecule has 0 saturated carbocycles. The van der Waals surface area contributed by atoms with Crippen molar-refractivity contribution in [2.24, 2.45) is 0 Å². The first-order valence-electron chi connectivity index (χ1n) is 11.6. The molecule has 0 aliphatic heterocycles. The summed E-state index contributed by atoms with van der Waals surface area (Å²) in [5, 5.41) is 12.6.